The van der Waals surface area contributed by atoms with Crippen molar-refractivity contribution >= 4 is 10.1 Å². The van der Waals surface area contributed by atoms with Gasteiger partial charge in [-0.25, -0.2) is 0 Å². The van der Waals surface area contributed by atoms with Crippen LogP contribution in [-0.4, -0.2) is 30.2 Å². The molecule has 0 saturated carbocycles. The Bertz CT molecular complexity index is 176. The van der Waals surface area contributed by atoms with Gasteiger partial charge in [0.1, 0.15) is 5.37 Å². The molecule has 0 aliphatic heterocycles. The molecule has 6 heteroatoms. The van der Waals surface area contributed by atoms with Crippen LogP contribution in [0.5, 0.6) is 0 Å². The van der Waals surface area contributed by atoms with Crippen LogP contribution >= 0.6 is 0 Å². The highest BCUT2D eigenvalue weighted by Gasteiger charge is 2.18. The summed E-state index contributed by atoms with van der Waals surface area (Å²) >= 11 is 0. The van der Waals surface area contributed by atoms with E-state index in [0.717, 1.165) is 0 Å². The van der Waals surface area contributed by atoms with Crippen LogP contribution < -0.4 is 5.32 Å². The van der Waals surface area contributed by atoms with Crippen molar-refractivity contribution in [3.63, 3.8) is 0 Å². The molecular formula is C4H11NO4S. The van der Waals surface area contributed by atoms with Crippen molar-refractivity contribution in [2.24, 2.45) is 0 Å². The molecule has 3 N–H and O–H groups in total. The monoisotopic (exact) mass is 169 g/mol. The molecule has 0 amide bonds. The average Bonchev–Trinajstić information content (AvgIpc) is 1.80. The fourth-order valence-corrected chi connectivity index (χ4v) is 1.27. The van der Waals surface area contributed by atoms with E-state index in [1.165, 1.54) is 0 Å². The molecule has 1 unspecified atom stereocenters. The van der Waals surface area contributed by atoms with Crippen molar-refractivity contribution in [3.8, 4) is 0 Å². The van der Waals surface area contributed by atoms with Gasteiger partial charge in [-0.1, -0.05) is 6.92 Å². The molecule has 5 nitrogen and oxygen atoms in total. The third-order valence-corrected chi connectivity index (χ3v) is 2.27. The van der Waals surface area contributed by atoms with Gasteiger partial charge in [0.25, 0.3) is 10.1 Å². The predicted molar refractivity (Wildman–Crippen MR) is 35.8 cm³/mol. The van der Waals surface area contributed by atoms with Crippen LogP contribution in [0.2, 0.25) is 0 Å². The predicted octanol–water partition coefficient (Wildman–Crippen LogP) is -0.850. The van der Waals surface area contributed by atoms with E-state index in [1.807, 2.05) is 0 Å². The molecule has 1 atom stereocenters. The van der Waals surface area contributed by atoms with Crippen LogP contribution in [0.4, 0.5) is 0 Å². The molecule has 0 rings (SSSR count). The Balaban J connectivity index is 4.08. The Kier molecular flexibility index (Phi) is 3.80. The van der Waals surface area contributed by atoms with Gasteiger partial charge >= 0.3 is 0 Å². The summed E-state index contributed by atoms with van der Waals surface area (Å²) in [6, 6.07) is 0. The van der Waals surface area contributed by atoms with E-state index in [4.69, 9.17) is 9.66 Å². The number of nitrogens with one attached hydrogen (secondary N) is 1. The van der Waals surface area contributed by atoms with E-state index < -0.39 is 22.2 Å². The van der Waals surface area contributed by atoms with Crippen molar-refractivity contribution in [2.45, 2.75) is 18.7 Å². The Morgan fingerprint density at radius 3 is 2.20 bits per heavy atom. The van der Waals surface area contributed by atoms with Crippen LogP contribution in [-0.2, 0) is 10.1 Å². The first kappa shape index (κ1) is 9.83. The molecule has 0 aliphatic carbocycles. The summed E-state index contributed by atoms with van der Waals surface area (Å²) in [6.45, 7) is 1.12. The first-order valence-electron chi connectivity index (χ1n) is 2.83. The smallest absolute Gasteiger partial charge is 0.281 e. The number of aliphatic hydroxyl groups excluding tert-OH is 1. The van der Waals surface area contributed by atoms with Gasteiger partial charge in [-0.15, -0.1) is 0 Å². The molecule has 0 heterocycles. The van der Waals surface area contributed by atoms with Gasteiger partial charge in [0, 0.05) is 0 Å². The highest BCUT2D eigenvalue weighted by Crippen LogP contribution is 1.97. The summed E-state index contributed by atoms with van der Waals surface area (Å²) in [4.78, 5) is 0. The maximum atomic E-state index is 10.3. The van der Waals surface area contributed by atoms with Crippen LogP contribution in [0.25, 0.3) is 0 Å². The Hall–Kier alpha value is -0.170. The van der Waals surface area contributed by atoms with Gasteiger partial charge < -0.3 is 5.11 Å². The third-order valence-electron chi connectivity index (χ3n) is 1.05. The number of hydrogen-bond acceptors (Lipinski definition) is 4. The molecule has 0 aliphatic rings. The van der Waals surface area contributed by atoms with Gasteiger partial charge in [-0.2, -0.15) is 8.42 Å². The Labute approximate surface area is 59.8 Å². The highest BCUT2D eigenvalue weighted by atomic mass is 32.2. The molecule has 0 spiro atoms. The molecular weight excluding hydrogens is 158 g/mol. The largest absolute Gasteiger partial charge is 0.381 e. The van der Waals surface area contributed by atoms with Crippen LogP contribution in [0.1, 0.15) is 13.3 Å². The molecule has 0 fully saturated rings. The van der Waals surface area contributed by atoms with E-state index in [9.17, 15) is 8.42 Å². The molecule has 0 saturated heterocycles. The number of rotatable bonds is 4. The summed E-state index contributed by atoms with van der Waals surface area (Å²) in [5.74, 6) is 0. The van der Waals surface area contributed by atoms with Crippen molar-refractivity contribution < 1.29 is 18.1 Å². The standard InChI is InChI=1S/C4H11NO4S/c1-2-4(5-3-6)10(7,8)9/h4-6H,2-3H2,1H3,(H,7,8,9). The van der Waals surface area contributed by atoms with Crippen LogP contribution in [0.3, 0.4) is 0 Å². The third kappa shape index (κ3) is 3.11. The molecule has 0 aromatic rings. The molecule has 0 radical (unpaired) electrons. The van der Waals surface area contributed by atoms with Gasteiger partial charge in [0.15, 0.2) is 0 Å². The van der Waals surface area contributed by atoms with Gasteiger partial charge in [0.2, 0.25) is 0 Å². The maximum absolute atomic E-state index is 10.3. The van der Waals surface area contributed by atoms with Crippen molar-refractivity contribution in [3.05, 3.63) is 0 Å². The second kappa shape index (κ2) is 3.87. The fourth-order valence-electron chi connectivity index (χ4n) is 0.562. The van der Waals surface area contributed by atoms with Crippen LogP contribution in [0, 0.1) is 0 Å². The summed E-state index contributed by atoms with van der Waals surface area (Å²) in [5.41, 5.74) is 0. The second-order valence-corrected chi connectivity index (χ2v) is 3.37. The van der Waals surface area contributed by atoms with E-state index in [1.54, 1.807) is 6.92 Å². The zero-order chi connectivity index (χ0) is 8.20. The lowest BCUT2D eigenvalue weighted by Gasteiger charge is -2.10. The van der Waals surface area contributed by atoms with Crippen molar-refractivity contribution in [1.82, 2.24) is 5.32 Å². The first-order valence-corrected chi connectivity index (χ1v) is 4.33. The van der Waals surface area contributed by atoms with Gasteiger partial charge in [0.05, 0.1) is 6.73 Å². The zero-order valence-electron chi connectivity index (χ0n) is 5.61. The van der Waals surface area contributed by atoms with Gasteiger partial charge in [-0.05, 0) is 6.42 Å². The SMILES string of the molecule is CCC(NCO)S(=O)(=O)O. The quantitative estimate of drug-likeness (QED) is 0.377. The minimum absolute atomic E-state index is 0.222. The molecule has 62 valence electrons. The number of hydrogen-bond donors (Lipinski definition) is 3. The van der Waals surface area contributed by atoms with Gasteiger partial charge in [-0.3, -0.25) is 9.87 Å². The molecule has 10 heavy (non-hydrogen) atoms. The van der Waals surface area contributed by atoms with E-state index in [0.29, 0.717) is 0 Å². The second-order valence-electron chi connectivity index (χ2n) is 1.77. The summed E-state index contributed by atoms with van der Waals surface area (Å²) in [7, 11) is -4.05. The zero-order valence-corrected chi connectivity index (χ0v) is 6.43. The number of aliphatic hydroxyl groups is 1. The topological polar surface area (TPSA) is 86.6 Å². The Morgan fingerprint density at radius 1 is 1.60 bits per heavy atom. The van der Waals surface area contributed by atoms with E-state index in [-0.39, 0.29) is 6.42 Å². The summed E-state index contributed by atoms with van der Waals surface area (Å²) in [5, 5.41) is 9.38. The minimum atomic E-state index is -4.05. The van der Waals surface area contributed by atoms with Crippen LogP contribution in [0.15, 0.2) is 0 Å². The highest BCUT2D eigenvalue weighted by molar-refractivity contribution is 7.86. The lowest BCUT2D eigenvalue weighted by Crippen LogP contribution is -2.36. The summed E-state index contributed by atoms with van der Waals surface area (Å²) in [6.07, 6.45) is 0.222. The molecule has 0 bridgehead atoms. The first-order chi connectivity index (χ1) is 4.52. The lowest BCUT2D eigenvalue weighted by atomic mass is 10.5. The molecule has 0 aromatic heterocycles. The molecule has 0 aromatic carbocycles. The van der Waals surface area contributed by atoms with E-state index >= 15 is 0 Å². The minimum Gasteiger partial charge on any atom is -0.381 e. The van der Waals surface area contributed by atoms with Crippen molar-refractivity contribution in [1.29, 1.82) is 0 Å². The summed E-state index contributed by atoms with van der Waals surface area (Å²) < 4.78 is 29.1. The Morgan fingerprint density at radius 2 is 2.10 bits per heavy atom. The normalized spacial score (nSPS) is 15.1. The average molecular weight is 169 g/mol. The lowest BCUT2D eigenvalue weighted by molar-refractivity contribution is 0.250. The fraction of sp³-hybridized carbons (Fsp3) is 1.00. The maximum Gasteiger partial charge on any atom is 0.281 e. The van der Waals surface area contributed by atoms with E-state index in [2.05, 4.69) is 5.32 Å². The van der Waals surface area contributed by atoms with Crippen molar-refractivity contribution in [2.75, 3.05) is 6.73 Å².